The Bertz CT molecular complexity index is 681. The monoisotopic (exact) mass is 374 g/mol. The third-order valence-electron chi connectivity index (χ3n) is 4.91. The molecule has 1 aromatic rings. The van der Waals surface area contributed by atoms with Crippen molar-refractivity contribution in [1.29, 1.82) is 0 Å². The van der Waals surface area contributed by atoms with E-state index in [1.807, 2.05) is 0 Å². The number of hydrogen-bond acceptors (Lipinski definition) is 5. The van der Waals surface area contributed by atoms with Gasteiger partial charge >= 0.3 is 5.97 Å². The van der Waals surface area contributed by atoms with E-state index in [0.717, 1.165) is 25.7 Å². The number of carbonyl (C=O) groups is 1. The molecule has 3 rings (SSSR count). The van der Waals surface area contributed by atoms with Gasteiger partial charge in [-0.15, -0.1) is 12.4 Å². The Morgan fingerprint density at radius 2 is 1.71 bits per heavy atom. The molecule has 134 valence electrons. The summed E-state index contributed by atoms with van der Waals surface area (Å²) in [4.78, 5) is 11.7. The second-order valence-electron chi connectivity index (χ2n) is 6.30. The number of halogens is 1. The molecular formula is C16H23ClN2O4S. The molecule has 2 fully saturated rings. The fourth-order valence-corrected chi connectivity index (χ4v) is 4.94. The van der Waals surface area contributed by atoms with Crippen LogP contribution in [0.2, 0.25) is 0 Å². The van der Waals surface area contributed by atoms with E-state index in [-0.39, 0.29) is 23.3 Å². The lowest BCUT2D eigenvalue weighted by Gasteiger charge is -2.34. The summed E-state index contributed by atoms with van der Waals surface area (Å²) in [6.45, 7) is 0. The average molecular weight is 375 g/mol. The molecule has 0 radical (unpaired) electrons. The van der Waals surface area contributed by atoms with Gasteiger partial charge in [0.05, 0.1) is 17.6 Å². The number of benzene rings is 1. The van der Waals surface area contributed by atoms with E-state index in [2.05, 4.69) is 10.1 Å². The van der Waals surface area contributed by atoms with Gasteiger partial charge in [0.2, 0.25) is 10.0 Å². The molecule has 2 atom stereocenters. The third kappa shape index (κ3) is 3.59. The van der Waals surface area contributed by atoms with E-state index >= 15 is 0 Å². The normalized spacial score (nSPS) is 26.0. The number of nitrogens with one attached hydrogen (secondary N) is 1. The summed E-state index contributed by atoms with van der Waals surface area (Å²) < 4.78 is 31.7. The molecule has 0 aromatic heterocycles. The van der Waals surface area contributed by atoms with Crippen LogP contribution >= 0.6 is 12.4 Å². The van der Waals surface area contributed by atoms with Crippen LogP contribution in [0.5, 0.6) is 0 Å². The molecule has 2 aliphatic heterocycles. The molecule has 1 aromatic carbocycles. The van der Waals surface area contributed by atoms with Crippen molar-refractivity contribution in [3.8, 4) is 0 Å². The van der Waals surface area contributed by atoms with Gasteiger partial charge in [-0.1, -0.05) is 0 Å². The highest BCUT2D eigenvalue weighted by Crippen LogP contribution is 2.31. The fraction of sp³-hybridized carbons (Fsp3) is 0.562. The number of nitrogens with zero attached hydrogens (tertiary/aromatic N) is 1. The molecule has 1 N–H and O–H groups in total. The van der Waals surface area contributed by atoms with Crippen LogP contribution in [0.15, 0.2) is 29.2 Å². The zero-order chi connectivity index (χ0) is 16.6. The van der Waals surface area contributed by atoms with Crippen molar-refractivity contribution in [2.75, 3.05) is 14.2 Å². The van der Waals surface area contributed by atoms with Gasteiger partial charge in [-0.25, -0.2) is 13.2 Å². The van der Waals surface area contributed by atoms with Gasteiger partial charge in [-0.05, 0) is 49.9 Å². The summed E-state index contributed by atoms with van der Waals surface area (Å²) in [6.07, 6.45) is 3.96. The van der Waals surface area contributed by atoms with E-state index in [1.54, 1.807) is 7.05 Å². The quantitative estimate of drug-likeness (QED) is 0.813. The van der Waals surface area contributed by atoms with Gasteiger partial charge < -0.3 is 10.1 Å². The first-order valence-corrected chi connectivity index (χ1v) is 9.28. The Labute approximate surface area is 149 Å². The van der Waals surface area contributed by atoms with Gasteiger partial charge in [0.15, 0.2) is 0 Å². The van der Waals surface area contributed by atoms with Crippen LogP contribution < -0.4 is 5.32 Å². The number of hydrogen-bond donors (Lipinski definition) is 1. The largest absolute Gasteiger partial charge is 0.465 e. The van der Waals surface area contributed by atoms with Crippen LogP contribution in [0.25, 0.3) is 0 Å². The molecule has 0 spiro atoms. The third-order valence-corrected chi connectivity index (χ3v) is 6.84. The second-order valence-corrected chi connectivity index (χ2v) is 8.30. The molecule has 0 saturated carbocycles. The van der Waals surface area contributed by atoms with Crippen LogP contribution in [0.4, 0.5) is 0 Å². The summed E-state index contributed by atoms with van der Waals surface area (Å²) in [5.74, 6) is -0.475. The van der Waals surface area contributed by atoms with E-state index in [4.69, 9.17) is 0 Å². The maximum Gasteiger partial charge on any atom is 0.337 e. The molecule has 2 unspecified atom stereocenters. The molecule has 24 heavy (non-hydrogen) atoms. The summed E-state index contributed by atoms with van der Waals surface area (Å²) in [6, 6.07) is 6.79. The molecule has 8 heteroatoms. The predicted octanol–water partition coefficient (Wildman–Crippen LogP) is 1.80. The number of esters is 1. The first-order valence-electron chi connectivity index (χ1n) is 7.84. The summed E-state index contributed by atoms with van der Waals surface area (Å²) >= 11 is 0. The lowest BCUT2D eigenvalue weighted by Crippen LogP contribution is -2.48. The van der Waals surface area contributed by atoms with Crippen molar-refractivity contribution in [2.45, 2.75) is 48.7 Å². The molecule has 2 heterocycles. The minimum Gasteiger partial charge on any atom is -0.465 e. The predicted molar refractivity (Wildman–Crippen MR) is 92.9 cm³/mol. The topological polar surface area (TPSA) is 75.7 Å². The van der Waals surface area contributed by atoms with Crippen molar-refractivity contribution in [1.82, 2.24) is 9.62 Å². The molecule has 6 nitrogen and oxygen atoms in total. The number of fused-ring (bicyclic) bond motifs is 2. The van der Waals surface area contributed by atoms with Crippen LogP contribution in [-0.4, -0.2) is 51.0 Å². The van der Waals surface area contributed by atoms with Crippen molar-refractivity contribution in [3.63, 3.8) is 0 Å². The molecule has 2 aliphatic rings. The van der Waals surface area contributed by atoms with E-state index < -0.39 is 16.0 Å². The minimum absolute atomic E-state index is 0. The summed E-state index contributed by atoms with van der Waals surface area (Å²) in [5, 5.41) is 3.52. The number of rotatable bonds is 4. The first kappa shape index (κ1) is 19.2. The standard InChI is InChI=1S/C16H22N2O4S.ClH/c1-18(14-9-12-5-6-13(10-14)17-12)23(20,21)15-7-3-11(4-8-15)16(19)22-2;/h3-4,7-8,12-14,17H,5-6,9-10H2,1-2H3;1H. The molecule has 0 aliphatic carbocycles. The molecule has 2 saturated heterocycles. The van der Waals surface area contributed by atoms with E-state index in [1.165, 1.54) is 35.7 Å². The maximum atomic E-state index is 12.8. The SMILES string of the molecule is COC(=O)c1ccc(S(=O)(=O)N(C)C2CC3CCC(C2)N3)cc1.Cl. The average Bonchev–Trinajstić information content (AvgIpc) is 2.91. The second kappa shape index (κ2) is 7.39. The first-order chi connectivity index (χ1) is 10.9. The highest BCUT2D eigenvalue weighted by Gasteiger charge is 2.38. The Morgan fingerprint density at radius 1 is 1.17 bits per heavy atom. The maximum absolute atomic E-state index is 12.8. The van der Waals surface area contributed by atoms with Gasteiger partial charge in [-0.3, -0.25) is 0 Å². The van der Waals surface area contributed by atoms with Gasteiger partial charge in [0.25, 0.3) is 0 Å². The van der Waals surface area contributed by atoms with Gasteiger partial charge in [-0.2, -0.15) is 4.31 Å². The number of piperidine rings is 1. The Hall–Kier alpha value is -1.15. The number of methoxy groups -OCH3 is 1. The van der Waals surface area contributed by atoms with Crippen molar-refractivity contribution in [2.24, 2.45) is 0 Å². The van der Waals surface area contributed by atoms with Gasteiger partial charge in [0.1, 0.15) is 0 Å². The molecule has 2 bridgehead atoms. The lowest BCUT2D eigenvalue weighted by molar-refractivity contribution is 0.0600. The number of ether oxygens (including phenoxy) is 1. The van der Waals surface area contributed by atoms with Crippen LogP contribution in [0.1, 0.15) is 36.0 Å². The lowest BCUT2D eigenvalue weighted by atomic mass is 10.0. The Balaban J connectivity index is 0.00000208. The van der Waals surface area contributed by atoms with Crippen LogP contribution in [0, 0.1) is 0 Å². The van der Waals surface area contributed by atoms with Crippen LogP contribution in [0.3, 0.4) is 0 Å². The summed E-state index contributed by atoms with van der Waals surface area (Å²) in [5.41, 5.74) is 0.342. The fourth-order valence-electron chi connectivity index (χ4n) is 3.57. The number of carbonyl (C=O) groups excluding carboxylic acids is 1. The van der Waals surface area contributed by atoms with E-state index in [9.17, 15) is 13.2 Å². The Morgan fingerprint density at radius 3 is 2.21 bits per heavy atom. The molecule has 0 amide bonds. The minimum atomic E-state index is -3.55. The highest BCUT2D eigenvalue weighted by atomic mass is 35.5. The van der Waals surface area contributed by atoms with Crippen molar-refractivity contribution in [3.05, 3.63) is 29.8 Å². The molecular weight excluding hydrogens is 352 g/mol. The van der Waals surface area contributed by atoms with Crippen molar-refractivity contribution >= 4 is 28.4 Å². The number of sulfonamides is 1. The van der Waals surface area contributed by atoms with Gasteiger partial charge in [0, 0.05) is 25.2 Å². The van der Waals surface area contributed by atoms with Crippen molar-refractivity contribution < 1.29 is 17.9 Å². The zero-order valence-corrected chi connectivity index (χ0v) is 15.4. The highest BCUT2D eigenvalue weighted by molar-refractivity contribution is 7.89. The van der Waals surface area contributed by atoms with Crippen LogP contribution in [-0.2, 0) is 14.8 Å². The zero-order valence-electron chi connectivity index (χ0n) is 13.8. The Kier molecular flexibility index (Phi) is 5.91. The smallest absolute Gasteiger partial charge is 0.337 e. The summed E-state index contributed by atoms with van der Waals surface area (Å²) in [7, 11) is -0.604. The van der Waals surface area contributed by atoms with E-state index in [0.29, 0.717) is 17.6 Å².